The fraction of sp³-hybridized carbons (Fsp3) is 0.235. The van der Waals surface area contributed by atoms with Gasteiger partial charge >= 0.3 is 5.97 Å². The van der Waals surface area contributed by atoms with E-state index in [2.05, 4.69) is 20.2 Å². The molecule has 28 heavy (non-hydrogen) atoms. The van der Waals surface area contributed by atoms with E-state index in [9.17, 15) is 18.3 Å². The van der Waals surface area contributed by atoms with Crippen molar-refractivity contribution in [2.75, 3.05) is 10.0 Å². The Labute approximate surface area is 165 Å². The first-order chi connectivity index (χ1) is 13.2. The topological polar surface area (TPSA) is 134 Å². The van der Waals surface area contributed by atoms with Gasteiger partial charge in [-0.2, -0.15) is 0 Å². The average Bonchev–Trinajstić information content (AvgIpc) is 3.20. The zero-order valence-electron chi connectivity index (χ0n) is 15.3. The summed E-state index contributed by atoms with van der Waals surface area (Å²) in [6, 6.07) is 5.99. The zero-order valence-corrected chi connectivity index (χ0v) is 16.9. The maximum atomic E-state index is 12.5. The number of carboxylic acid groups (broad SMARTS) is 1. The molecule has 0 radical (unpaired) electrons. The van der Waals surface area contributed by atoms with Crippen LogP contribution in [0.1, 0.15) is 33.5 Å². The van der Waals surface area contributed by atoms with Crippen LogP contribution in [0.15, 0.2) is 33.7 Å². The number of nitrogens with one attached hydrogen (secondary N) is 2. The number of carbonyl (C=O) groups is 1. The lowest BCUT2D eigenvalue weighted by Gasteiger charge is -2.07. The van der Waals surface area contributed by atoms with Gasteiger partial charge in [0.25, 0.3) is 10.0 Å². The number of thiazole rings is 1. The molecule has 0 bridgehead atoms. The SMILES string of the molecule is CCc1nc(Nc2ccc(S(=O)(=O)Nc3onc(C)c3C)cc2)sc1C(=O)O. The van der Waals surface area contributed by atoms with Gasteiger partial charge < -0.3 is 14.9 Å². The van der Waals surface area contributed by atoms with Crippen molar-refractivity contribution in [3.8, 4) is 0 Å². The summed E-state index contributed by atoms with van der Waals surface area (Å²) < 4.78 is 32.4. The summed E-state index contributed by atoms with van der Waals surface area (Å²) in [5, 5.41) is 16.3. The number of hydrogen-bond acceptors (Lipinski definition) is 8. The van der Waals surface area contributed by atoms with Crippen LogP contribution in [-0.2, 0) is 16.4 Å². The van der Waals surface area contributed by atoms with Crippen LogP contribution < -0.4 is 10.0 Å². The molecule has 3 N–H and O–H groups in total. The summed E-state index contributed by atoms with van der Waals surface area (Å²) in [7, 11) is -3.83. The Bertz CT molecular complexity index is 1120. The second kappa shape index (κ2) is 7.60. The summed E-state index contributed by atoms with van der Waals surface area (Å²) in [5.41, 5.74) is 2.31. The number of rotatable bonds is 7. The normalized spacial score (nSPS) is 11.4. The van der Waals surface area contributed by atoms with Crippen molar-refractivity contribution in [3.63, 3.8) is 0 Å². The minimum atomic E-state index is -3.83. The van der Waals surface area contributed by atoms with Gasteiger partial charge in [-0.1, -0.05) is 23.4 Å². The number of sulfonamides is 1. The van der Waals surface area contributed by atoms with E-state index in [4.69, 9.17) is 4.52 Å². The molecule has 9 nitrogen and oxygen atoms in total. The van der Waals surface area contributed by atoms with E-state index in [-0.39, 0.29) is 15.7 Å². The lowest BCUT2D eigenvalue weighted by molar-refractivity contribution is 0.0700. The molecular formula is C17H18N4O5S2. The van der Waals surface area contributed by atoms with Crippen LogP contribution in [0.2, 0.25) is 0 Å². The van der Waals surface area contributed by atoms with Gasteiger partial charge in [-0.05, 0) is 44.5 Å². The Hall–Kier alpha value is -2.92. The fourth-order valence-corrected chi connectivity index (χ4v) is 4.30. The molecule has 0 atom stereocenters. The maximum absolute atomic E-state index is 12.5. The summed E-state index contributed by atoms with van der Waals surface area (Å²) in [4.78, 5) is 15.7. The molecule has 3 rings (SSSR count). The summed E-state index contributed by atoms with van der Waals surface area (Å²) >= 11 is 1.03. The Morgan fingerprint density at radius 2 is 1.93 bits per heavy atom. The predicted molar refractivity (Wildman–Crippen MR) is 105 cm³/mol. The van der Waals surface area contributed by atoms with Crippen molar-refractivity contribution in [2.45, 2.75) is 32.1 Å². The highest BCUT2D eigenvalue weighted by Gasteiger charge is 2.20. The van der Waals surface area contributed by atoms with Crippen LogP contribution in [0.25, 0.3) is 0 Å². The van der Waals surface area contributed by atoms with Crippen molar-refractivity contribution in [2.24, 2.45) is 0 Å². The Kier molecular flexibility index (Phi) is 5.38. The smallest absolute Gasteiger partial charge is 0.347 e. The van der Waals surface area contributed by atoms with Gasteiger partial charge in [-0.3, -0.25) is 0 Å². The van der Waals surface area contributed by atoms with Crippen molar-refractivity contribution >= 4 is 44.0 Å². The molecule has 2 aromatic heterocycles. The van der Waals surface area contributed by atoms with E-state index in [1.807, 2.05) is 6.92 Å². The average molecular weight is 422 g/mol. The highest BCUT2D eigenvalue weighted by atomic mass is 32.2. The summed E-state index contributed by atoms with van der Waals surface area (Å²) in [6.07, 6.45) is 0.503. The highest BCUT2D eigenvalue weighted by Crippen LogP contribution is 2.28. The quantitative estimate of drug-likeness (QED) is 0.526. The van der Waals surface area contributed by atoms with Crippen LogP contribution >= 0.6 is 11.3 Å². The van der Waals surface area contributed by atoms with Crippen LogP contribution in [0, 0.1) is 13.8 Å². The monoisotopic (exact) mass is 422 g/mol. The van der Waals surface area contributed by atoms with E-state index in [0.717, 1.165) is 11.3 Å². The second-order valence-electron chi connectivity index (χ2n) is 5.93. The zero-order chi connectivity index (χ0) is 20.5. The largest absolute Gasteiger partial charge is 0.477 e. The molecule has 0 spiro atoms. The molecule has 148 valence electrons. The molecule has 0 aliphatic rings. The molecule has 0 saturated heterocycles. The Balaban J connectivity index is 1.78. The van der Waals surface area contributed by atoms with Gasteiger partial charge in [0.05, 0.1) is 16.3 Å². The van der Waals surface area contributed by atoms with Gasteiger partial charge in [0.15, 0.2) is 5.13 Å². The number of benzene rings is 1. The Morgan fingerprint density at radius 1 is 1.25 bits per heavy atom. The van der Waals surface area contributed by atoms with Crippen molar-refractivity contribution in [1.29, 1.82) is 0 Å². The molecule has 0 amide bonds. The number of aromatic nitrogens is 2. The van der Waals surface area contributed by atoms with Crippen LogP contribution in [0.4, 0.5) is 16.7 Å². The number of hydrogen-bond donors (Lipinski definition) is 3. The molecule has 0 aliphatic carbocycles. The molecule has 3 aromatic rings. The van der Waals surface area contributed by atoms with Crippen LogP contribution in [-0.4, -0.2) is 29.6 Å². The third-order valence-electron chi connectivity index (χ3n) is 4.03. The lowest BCUT2D eigenvalue weighted by Crippen LogP contribution is -2.13. The summed E-state index contributed by atoms with van der Waals surface area (Å²) in [5.74, 6) is -0.941. The van der Waals surface area contributed by atoms with Crippen molar-refractivity contribution in [1.82, 2.24) is 10.1 Å². The standard InChI is InChI=1S/C17H18N4O5S2/c1-4-13-14(16(22)23)27-17(19-13)18-11-5-7-12(8-6-11)28(24,25)21-15-9(2)10(3)20-26-15/h5-8,21H,4H2,1-3H3,(H,18,19)(H,22,23). The van der Waals surface area contributed by atoms with Gasteiger partial charge in [0, 0.05) is 11.3 Å². The third-order valence-corrected chi connectivity index (χ3v) is 6.37. The first-order valence-corrected chi connectivity index (χ1v) is 10.6. The number of anilines is 3. The molecule has 2 heterocycles. The first-order valence-electron chi connectivity index (χ1n) is 8.27. The Morgan fingerprint density at radius 3 is 2.43 bits per heavy atom. The van der Waals surface area contributed by atoms with Gasteiger partial charge in [0.2, 0.25) is 5.88 Å². The van der Waals surface area contributed by atoms with Crippen LogP contribution in [0.5, 0.6) is 0 Å². The molecule has 0 fully saturated rings. The van der Waals surface area contributed by atoms with E-state index >= 15 is 0 Å². The van der Waals surface area contributed by atoms with E-state index in [0.29, 0.717) is 34.2 Å². The molecule has 0 saturated carbocycles. The van der Waals surface area contributed by atoms with E-state index in [1.165, 1.54) is 12.1 Å². The van der Waals surface area contributed by atoms with Crippen molar-refractivity contribution in [3.05, 3.63) is 46.1 Å². The first kappa shape index (κ1) is 19.8. The van der Waals surface area contributed by atoms with E-state index < -0.39 is 16.0 Å². The summed E-state index contributed by atoms with van der Waals surface area (Å²) in [6.45, 7) is 5.26. The molecule has 0 unspecified atom stereocenters. The predicted octanol–water partition coefficient (Wildman–Crippen LogP) is 3.55. The number of aryl methyl sites for hydroxylation is 2. The molecule has 11 heteroatoms. The van der Waals surface area contributed by atoms with Crippen LogP contribution in [0.3, 0.4) is 0 Å². The number of carboxylic acids is 1. The van der Waals surface area contributed by atoms with Gasteiger partial charge in [0.1, 0.15) is 4.88 Å². The maximum Gasteiger partial charge on any atom is 0.347 e. The number of nitrogens with zero attached hydrogens (tertiary/aromatic N) is 2. The van der Waals surface area contributed by atoms with Gasteiger partial charge in [-0.15, -0.1) is 0 Å². The number of aromatic carboxylic acids is 1. The molecule has 1 aromatic carbocycles. The minimum Gasteiger partial charge on any atom is -0.477 e. The molecule has 0 aliphatic heterocycles. The van der Waals surface area contributed by atoms with Gasteiger partial charge in [-0.25, -0.2) is 22.9 Å². The highest BCUT2D eigenvalue weighted by molar-refractivity contribution is 7.92. The minimum absolute atomic E-state index is 0.0473. The second-order valence-corrected chi connectivity index (χ2v) is 8.61. The lowest BCUT2D eigenvalue weighted by atomic mass is 10.3. The van der Waals surface area contributed by atoms with Crippen molar-refractivity contribution < 1.29 is 22.8 Å². The fourth-order valence-electron chi connectivity index (χ4n) is 2.34. The van der Waals surface area contributed by atoms with E-state index in [1.54, 1.807) is 26.0 Å². The molecular weight excluding hydrogens is 404 g/mol. The third kappa shape index (κ3) is 3.99.